The van der Waals surface area contributed by atoms with E-state index in [4.69, 9.17) is 0 Å². The van der Waals surface area contributed by atoms with Gasteiger partial charge in [0.15, 0.2) is 0 Å². The van der Waals surface area contributed by atoms with Crippen molar-refractivity contribution < 1.29 is 25.5 Å². The Balaban J connectivity index is 1.62. The number of fused-ring (bicyclic) bond motifs is 7. The Bertz CT molecular complexity index is 888. The van der Waals surface area contributed by atoms with Crippen molar-refractivity contribution in [2.45, 2.75) is 111 Å². The zero-order valence-electron chi connectivity index (χ0n) is 22.8. The highest BCUT2D eigenvalue weighted by Gasteiger charge is 2.71. The van der Waals surface area contributed by atoms with Crippen LogP contribution in [0.3, 0.4) is 0 Å². The molecule has 0 spiro atoms. The van der Waals surface area contributed by atoms with Gasteiger partial charge in [-0.25, -0.2) is 0 Å². The number of aliphatic hydroxyl groups is 5. The second kappa shape index (κ2) is 7.79. The van der Waals surface area contributed by atoms with Crippen LogP contribution in [0.15, 0.2) is 11.6 Å². The molecule has 5 aliphatic rings. The molecule has 5 rings (SSSR count). The maximum atomic E-state index is 11.9. The van der Waals surface area contributed by atoms with Crippen molar-refractivity contribution in [2.75, 3.05) is 13.2 Å². The average molecular weight is 491 g/mol. The minimum Gasteiger partial charge on any atom is -0.396 e. The van der Waals surface area contributed by atoms with E-state index in [1.807, 2.05) is 0 Å². The first-order valence-corrected chi connectivity index (χ1v) is 14.2. The van der Waals surface area contributed by atoms with Crippen LogP contribution in [0.2, 0.25) is 0 Å². The SMILES string of the molecule is C[C@@H]1CC[C@]2(C)CC[C@]3(C)C(=CC[C@@H]4[C@@]5(C)C[C@@H](O)[C@H](O)C(CO)(CO)[C@@H]5CC[C@]43C)[C@@H]2[C@]1(C)O. The lowest BCUT2D eigenvalue weighted by Crippen LogP contribution is -2.70. The fourth-order valence-corrected chi connectivity index (χ4v) is 11.1. The molecule has 5 aliphatic carbocycles. The maximum absolute atomic E-state index is 11.9. The van der Waals surface area contributed by atoms with Crippen LogP contribution < -0.4 is 0 Å². The van der Waals surface area contributed by atoms with Crippen molar-refractivity contribution in [3.05, 3.63) is 11.6 Å². The number of hydrogen-bond donors (Lipinski definition) is 5. The maximum Gasteiger partial charge on any atom is 0.0902 e. The van der Waals surface area contributed by atoms with E-state index in [2.05, 4.69) is 47.6 Å². The summed E-state index contributed by atoms with van der Waals surface area (Å²) in [5.74, 6) is 0.657. The third-order valence-electron chi connectivity index (χ3n) is 13.6. The Kier molecular flexibility index (Phi) is 5.82. The Hall–Kier alpha value is -0.460. The van der Waals surface area contributed by atoms with Gasteiger partial charge in [0.2, 0.25) is 0 Å². The highest BCUT2D eigenvalue weighted by Crippen LogP contribution is 2.76. The lowest BCUT2D eigenvalue weighted by Gasteiger charge is -2.72. The van der Waals surface area contributed by atoms with E-state index >= 15 is 0 Å². The van der Waals surface area contributed by atoms with Crippen molar-refractivity contribution in [3.63, 3.8) is 0 Å². The van der Waals surface area contributed by atoms with Crippen molar-refractivity contribution in [3.8, 4) is 0 Å². The van der Waals surface area contributed by atoms with Gasteiger partial charge < -0.3 is 25.5 Å². The Morgan fingerprint density at radius 3 is 2.17 bits per heavy atom. The molecule has 0 unspecified atom stereocenters. The molecule has 11 atom stereocenters. The number of rotatable bonds is 2. The molecule has 0 aromatic heterocycles. The summed E-state index contributed by atoms with van der Waals surface area (Å²) in [6, 6.07) is 0. The van der Waals surface area contributed by atoms with Gasteiger partial charge in [0, 0.05) is 11.3 Å². The summed E-state index contributed by atoms with van der Waals surface area (Å²) in [6.07, 6.45) is 8.06. The molecular formula is C30H50O5. The Morgan fingerprint density at radius 2 is 1.54 bits per heavy atom. The summed E-state index contributed by atoms with van der Waals surface area (Å²) in [6.45, 7) is 13.2. The van der Waals surface area contributed by atoms with Crippen LogP contribution in [0.4, 0.5) is 0 Å². The molecule has 4 fully saturated rings. The lowest BCUT2D eigenvalue weighted by molar-refractivity contribution is -0.258. The molecule has 5 nitrogen and oxygen atoms in total. The predicted molar refractivity (Wildman–Crippen MR) is 136 cm³/mol. The number of aliphatic hydroxyl groups excluding tert-OH is 4. The first-order valence-electron chi connectivity index (χ1n) is 14.2. The molecule has 200 valence electrons. The summed E-state index contributed by atoms with van der Waals surface area (Å²) in [5.41, 5.74) is -0.567. The van der Waals surface area contributed by atoms with Crippen LogP contribution in [0.5, 0.6) is 0 Å². The first kappa shape index (κ1) is 26.2. The van der Waals surface area contributed by atoms with Gasteiger partial charge in [-0.3, -0.25) is 0 Å². The van der Waals surface area contributed by atoms with Crippen LogP contribution in [0.1, 0.15) is 92.9 Å². The van der Waals surface area contributed by atoms with Gasteiger partial charge in [-0.2, -0.15) is 0 Å². The second-order valence-electron chi connectivity index (χ2n) is 14.8. The van der Waals surface area contributed by atoms with Gasteiger partial charge in [-0.05, 0) is 97.7 Å². The van der Waals surface area contributed by atoms with Gasteiger partial charge >= 0.3 is 0 Å². The number of hydrogen-bond acceptors (Lipinski definition) is 5. The third kappa shape index (κ3) is 3.00. The van der Waals surface area contributed by atoms with Gasteiger partial charge in [-0.15, -0.1) is 0 Å². The van der Waals surface area contributed by atoms with Crippen molar-refractivity contribution >= 4 is 0 Å². The summed E-state index contributed by atoms with van der Waals surface area (Å²) < 4.78 is 0. The van der Waals surface area contributed by atoms with E-state index in [0.717, 1.165) is 38.5 Å². The molecule has 5 heteroatoms. The molecule has 5 N–H and O–H groups in total. The average Bonchev–Trinajstić information content (AvgIpc) is 2.79. The predicted octanol–water partition coefficient (Wildman–Crippen LogP) is 4.06. The van der Waals surface area contributed by atoms with Crippen LogP contribution in [0.25, 0.3) is 0 Å². The molecule has 0 amide bonds. The van der Waals surface area contributed by atoms with Gasteiger partial charge in [0.05, 0.1) is 31.0 Å². The van der Waals surface area contributed by atoms with Crippen molar-refractivity contribution in [1.82, 2.24) is 0 Å². The second-order valence-corrected chi connectivity index (χ2v) is 14.8. The molecule has 0 heterocycles. The number of allylic oxidation sites excluding steroid dienone is 1. The monoisotopic (exact) mass is 490 g/mol. The standard InChI is InChI=1S/C30H50O5/c1-18-9-11-25(2)13-14-27(4)19(23(25)29(18,6)35)7-8-21-26(3)15-20(33)24(34)30(16-31,17-32)22(26)10-12-28(21,27)5/h7,18,20-24,31-35H,8-17H2,1-6H3/t18-,20-,21-,22-,23+,24+,25-,26-,27-,28-,29-/m1/s1. The van der Waals surface area contributed by atoms with E-state index in [-0.39, 0.29) is 58.5 Å². The quantitative estimate of drug-likeness (QED) is 0.376. The third-order valence-corrected chi connectivity index (χ3v) is 13.6. The van der Waals surface area contributed by atoms with Crippen molar-refractivity contribution in [1.29, 1.82) is 0 Å². The summed E-state index contributed by atoms with van der Waals surface area (Å²) >= 11 is 0. The molecule has 0 aromatic rings. The minimum absolute atomic E-state index is 0.0148. The fraction of sp³-hybridized carbons (Fsp3) is 0.933. The normalized spacial score (nSPS) is 57.3. The largest absolute Gasteiger partial charge is 0.396 e. The highest BCUT2D eigenvalue weighted by atomic mass is 16.3. The van der Waals surface area contributed by atoms with E-state index < -0.39 is 23.2 Å². The molecular weight excluding hydrogens is 440 g/mol. The molecule has 0 aliphatic heterocycles. The molecule has 0 radical (unpaired) electrons. The lowest BCUT2D eigenvalue weighted by atomic mass is 9.33. The molecule has 4 saturated carbocycles. The van der Waals surface area contributed by atoms with Crippen LogP contribution in [-0.4, -0.2) is 56.6 Å². The van der Waals surface area contributed by atoms with Crippen molar-refractivity contribution in [2.24, 2.45) is 50.7 Å². The van der Waals surface area contributed by atoms with E-state index in [1.165, 1.54) is 12.0 Å². The van der Waals surface area contributed by atoms with Gasteiger partial charge in [0.1, 0.15) is 0 Å². The molecule has 0 saturated heterocycles. The minimum atomic E-state index is -1.11. The summed E-state index contributed by atoms with van der Waals surface area (Å²) in [7, 11) is 0. The topological polar surface area (TPSA) is 101 Å². The molecule has 35 heavy (non-hydrogen) atoms. The smallest absolute Gasteiger partial charge is 0.0902 e. The summed E-state index contributed by atoms with van der Waals surface area (Å²) in [5, 5.41) is 54.8. The Morgan fingerprint density at radius 1 is 0.886 bits per heavy atom. The van der Waals surface area contributed by atoms with Crippen LogP contribution in [-0.2, 0) is 0 Å². The molecule has 0 aromatic carbocycles. The summed E-state index contributed by atoms with van der Waals surface area (Å²) in [4.78, 5) is 0. The first-order chi connectivity index (χ1) is 16.2. The van der Waals surface area contributed by atoms with Gasteiger partial charge in [0.25, 0.3) is 0 Å². The zero-order valence-corrected chi connectivity index (χ0v) is 22.8. The molecule has 0 bridgehead atoms. The fourth-order valence-electron chi connectivity index (χ4n) is 11.1. The Labute approximate surface area is 212 Å². The van der Waals surface area contributed by atoms with E-state index in [1.54, 1.807) is 0 Å². The van der Waals surface area contributed by atoms with E-state index in [0.29, 0.717) is 6.42 Å². The van der Waals surface area contributed by atoms with Gasteiger partial charge in [-0.1, -0.05) is 46.3 Å². The highest BCUT2D eigenvalue weighted by molar-refractivity contribution is 5.35. The van der Waals surface area contributed by atoms with Crippen LogP contribution >= 0.6 is 0 Å². The van der Waals surface area contributed by atoms with E-state index in [9.17, 15) is 25.5 Å². The zero-order chi connectivity index (χ0) is 25.8. The van der Waals surface area contributed by atoms with Crippen LogP contribution in [0, 0.1) is 50.7 Å².